The lowest BCUT2D eigenvalue weighted by Gasteiger charge is -2.39. The molecule has 1 unspecified atom stereocenters. The Morgan fingerprint density at radius 2 is 1.04 bits per heavy atom. The number of unbranched alkanes of at least 4 members (excludes halogenated alkanes) is 10. The van der Waals surface area contributed by atoms with E-state index in [-0.39, 0.29) is 5.79 Å². The molecule has 2 nitrogen and oxygen atoms in total. The Kier molecular flexibility index (Phi) is 17.3. The van der Waals surface area contributed by atoms with Gasteiger partial charge in [0, 0.05) is 25.6 Å². The fourth-order valence-electron chi connectivity index (χ4n) is 3.81. The summed E-state index contributed by atoms with van der Waals surface area (Å²) in [5, 5.41) is 0. The first-order valence-electron chi connectivity index (χ1n) is 11.4. The maximum Gasteiger partial charge on any atom is 0.170 e. The standard InChI is InChI=1S/C23H48O2/c1-6-10-12-14-16-18-20-22(5)23(24-8-3,25-9-4)21-19-17-15-13-11-7-2/h22H,6-21H2,1-5H3. The van der Waals surface area contributed by atoms with E-state index in [4.69, 9.17) is 9.47 Å². The van der Waals surface area contributed by atoms with E-state index in [9.17, 15) is 0 Å². The number of rotatable bonds is 19. The number of hydrogen-bond donors (Lipinski definition) is 0. The second-order valence-electron chi connectivity index (χ2n) is 7.65. The van der Waals surface area contributed by atoms with E-state index in [1.54, 1.807) is 0 Å². The topological polar surface area (TPSA) is 18.5 Å². The van der Waals surface area contributed by atoms with Crippen LogP contribution < -0.4 is 0 Å². The van der Waals surface area contributed by atoms with Crippen molar-refractivity contribution in [1.29, 1.82) is 0 Å². The number of ether oxygens (including phenoxy) is 2. The van der Waals surface area contributed by atoms with Crippen LogP contribution in [0.15, 0.2) is 0 Å². The summed E-state index contributed by atoms with van der Waals surface area (Å²) in [7, 11) is 0. The molecule has 0 saturated heterocycles. The molecule has 0 fully saturated rings. The summed E-state index contributed by atoms with van der Waals surface area (Å²) in [6, 6.07) is 0. The SMILES string of the molecule is CCCCCCCCC(C)C(CCCCCCCC)(OCC)OCC. The zero-order valence-corrected chi connectivity index (χ0v) is 18.2. The molecule has 2 heteroatoms. The van der Waals surface area contributed by atoms with Gasteiger partial charge in [0.2, 0.25) is 0 Å². The molecule has 0 aliphatic carbocycles. The lowest BCUT2D eigenvalue weighted by Crippen LogP contribution is -2.43. The highest BCUT2D eigenvalue weighted by Gasteiger charge is 2.36. The summed E-state index contributed by atoms with van der Waals surface area (Å²) in [5.41, 5.74) is 0. The van der Waals surface area contributed by atoms with Crippen molar-refractivity contribution in [1.82, 2.24) is 0 Å². The van der Waals surface area contributed by atoms with Crippen LogP contribution in [0.2, 0.25) is 0 Å². The van der Waals surface area contributed by atoms with Gasteiger partial charge in [-0.05, 0) is 26.7 Å². The summed E-state index contributed by atoms with van der Waals surface area (Å²) in [4.78, 5) is 0. The first-order chi connectivity index (χ1) is 12.2. The Morgan fingerprint density at radius 1 is 0.600 bits per heavy atom. The molecule has 0 amide bonds. The smallest absolute Gasteiger partial charge is 0.170 e. The highest BCUT2D eigenvalue weighted by Crippen LogP contribution is 2.34. The van der Waals surface area contributed by atoms with Crippen molar-refractivity contribution in [3.05, 3.63) is 0 Å². The van der Waals surface area contributed by atoms with Crippen molar-refractivity contribution in [2.24, 2.45) is 5.92 Å². The molecule has 25 heavy (non-hydrogen) atoms. The number of hydrogen-bond acceptors (Lipinski definition) is 2. The Morgan fingerprint density at radius 3 is 1.52 bits per heavy atom. The molecule has 0 radical (unpaired) electrons. The molecule has 0 bridgehead atoms. The van der Waals surface area contributed by atoms with Crippen LogP contribution in [0.25, 0.3) is 0 Å². The van der Waals surface area contributed by atoms with E-state index < -0.39 is 0 Å². The van der Waals surface area contributed by atoms with Crippen LogP contribution in [-0.2, 0) is 9.47 Å². The molecule has 0 aliphatic heterocycles. The van der Waals surface area contributed by atoms with Crippen LogP contribution in [0.5, 0.6) is 0 Å². The second-order valence-corrected chi connectivity index (χ2v) is 7.65. The van der Waals surface area contributed by atoms with E-state index in [0.717, 1.165) is 19.6 Å². The minimum atomic E-state index is -0.350. The zero-order valence-electron chi connectivity index (χ0n) is 18.2. The molecule has 0 heterocycles. The molecular formula is C23H48O2. The van der Waals surface area contributed by atoms with Crippen molar-refractivity contribution in [2.75, 3.05) is 13.2 Å². The lowest BCUT2D eigenvalue weighted by molar-refractivity contribution is -0.266. The van der Waals surface area contributed by atoms with E-state index >= 15 is 0 Å². The van der Waals surface area contributed by atoms with Gasteiger partial charge in [-0.15, -0.1) is 0 Å². The Labute approximate surface area is 159 Å². The monoisotopic (exact) mass is 356 g/mol. The van der Waals surface area contributed by atoms with Gasteiger partial charge in [-0.3, -0.25) is 0 Å². The minimum Gasteiger partial charge on any atom is -0.350 e. The van der Waals surface area contributed by atoms with Crippen LogP contribution >= 0.6 is 0 Å². The fraction of sp³-hybridized carbons (Fsp3) is 1.00. The van der Waals surface area contributed by atoms with Gasteiger partial charge in [0.05, 0.1) is 0 Å². The minimum absolute atomic E-state index is 0.350. The lowest BCUT2D eigenvalue weighted by atomic mass is 9.89. The van der Waals surface area contributed by atoms with Crippen LogP contribution in [0.3, 0.4) is 0 Å². The van der Waals surface area contributed by atoms with Crippen LogP contribution in [0.4, 0.5) is 0 Å². The molecule has 1 atom stereocenters. The molecule has 0 aromatic carbocycles. The summed E-state index contributed by atoms with van der Waals surface area (Å²) in [5.74, 6) is 0.131. The average molecular weight is 357 g/mol. The summed E-state index contributed by atoms with van der Waals surface area (Å²) in [6.45, 7) is 12.6. The highest BCUT2D eigenvalue weighted by molar-refractivity contribution is 4.78. The molecule has 0 aromatic rings. The van der Waals surface area contributed by atoms with E-state index in [1.807, 2.05) is 0 Å². The average Bonchev–Trinajstić information content (AvgIpc) is 2.61. The Bertz CT molecular complexity index is 259. The van der Waals surface area contributed by atoms with E-state index in [1.165, 1.54) is 83.5 Å². The van der Waals surface area contributed by atoms with Gasteiger partial charge in [0.25, 0.3) is 0 Å². The summed E-state index contributed by atoms with van der Waals surface area (Å²) < 4.78 is 12.5. The highest BCUT2D eigenvalue weighted by atomic mass is 16.7. The molecular weight excluding hydrogens is 308 g/mol. The van der Waals surface area contributed by atoms with Crippen molar-refractivity contribution in [3.8, 4) is 0 Å². The summed E-state index contributed by atoms with van der Waals surface area (Å²) in [6.07, 6.45) is 18.4. The molecule has 0 N–H and O–H groups in total. The van der Waals surface area contributed by atoms with Crippen molar-refractivity contribution in [3.63, 3.8) is 0 Å². The molecule has 0 rings (SSSR count). The summed E-state index contributed by atoms with van der Waals surface area (Å²) >= 11 is 0. The fourth-order valence-corrected chi connectivity index (χ4v) is 3.81. The third kappa shape index (κ3) is 12.0. The molecule has 0 aliphatic rings. The zero-order chi connectivity index (χ0) is 18.8. The maximum atomic E-state index is 6.23. The predicted molar refractivity (Wildman–Crippen MR) is 111 cm³/mol. The normalized spacial score (nSPS) is 13.3. The Balaban J connectivity index is 4.34. The van der Waals surface area contributed by atoms with Crippen LogP contribution in [0, 0.1) is 5.92 Å². The van der Waals surface area contributed by atoms with Crippen LogP contribution in [-0.4, -0.2) is 19.0 Å². The van der Waals surface area contributed by atoms with Gasteiger partial charge in [-0.1, -0.05) is 91.4 Å². The van der Waals surface area contributed by atoms with Crippen LogP contribution in [0.1, 0.15) is 125 Å². The molecule has 152 valence electrons. The quantitative estimate of drug-likeness (QED) is 0.173. The third-order valence-electron chi connectivity index (χ3n) is 5.40. The maximum absolute atomic E-state index is 6.23. The van der Waals surface area contributed by atoms with Crippen molar-refractivity contribution >= 4 is 0 Å². The third-order valence-corrected chi connectivity index (χ3v) is 5.40. The van der Waals surface area contributed by atoms with Gasteiger partial charge < -0.3 is 9.47 Å². The van der Waals surface area contributed by atoms with Crippen molar-refractivity contribution in [2.45, 2.75) is 130 Å². The largest absolute Gasteiger partial charge is 0.350 e. The second kappa shape index (κ2) is 17.3. The van der Waals surface area contributed by atoms with Gasteiger partial charge in [0.15, 0.2) is 5.79 Å². The van der Waals surface area contributed by atoms with E-state index in [0.29, 0.717) is 5.92 Å². The first-order valence-corrected chi connectivity index (χ1v) is 11.4. The molecule has 0 spiro atoms. The Hall–Kier alpha value is -0.0800. The van der Waals surface area contributed by atoms with Crippen molar-refractivity contribution < 1.29 is 9.47 Å². The van der Waals surface area contributed by atoms with Gasteiger partial charge >= 0.3 is 0 Å². The first kappa shape index (κ1) is 24.9. The molecule has 0 aromatic heterocycles. The van der Waals surface area contributed by atoms with Gasteiger partial charge in [-0.2, -0.15) is 0 Å². The molecule has 0 saturated carbocycles. The van der Waals surface area contributed by atoms with Gasteiger partial charge in [-0.25, -0.2) is 0 Å². The van der Waals surface area contributed by atoms with E-state index in [2.05, 4.69) is 34.6 Å². The predicted octanol–water partition coefficient (Wildman–Crippen LogP) is 7.89. The van der Waals surface area contributed by atoms with Gasteiger partial charge in [0.1, 0.15) is 0 Å².